The Morgan fingerprint density at radius 2 is 1.86 bits per heavy atom. The van der Waals surface area contributed by atoms with Crippen molar-refractivity contribution < 1.29 is 0 Å². The molecular weight excluding hydrogens is 282 g/mol. The highest BCUT2D eigenvalue weighted by Gasteiger charge is 2.21. The number of nitrogens with zero attached hydrogens (tertiary/aromatic N) is 3. The molecule has 21 heavy (non-hydrogen) atoms. The molecule has 0 radical (unpaired) electrons. The molecule has 4 heteroatoms. The molecule has 2 aromatic heterocycles. The van der Waals surface area contributed by atoms with Gasteiger partial charge in [-0.15, -0.1) is 11.6 Å². The lowest BCUT2D eigenvalue weighted by atomic mass is 10.0. The third-order valence-corrected chi connectivity index (χ3v) is 4.05. The van der Waals surface area contributed by atoms with Crippen LogP contribution in [0.4, 0.5) is 0 Å². The zero-order chi connectivity index (χ0) is 15.0. The van der Waals surface area contributed by atoms with E-state index in [1.807, 2.05) is 19.1 Å². The topological polar surface area (TPSA) is 30.7 Å². The second-order valence-electron chi connectivity index (χ2n) is 5.33. The normalized spacial score (nSPS) is 14.3. The minimum Gasteiger partial charge on any atom is -0.304 e. The molecule has 0 amide bonds. The van der Waals surface area contributed by atoms with Crippen molar-refractivity contribution in [2.45, 2.75) is 32.2 Å². The predicted octanol–water partition coefficient (Wildman–Crippen LogP) is 4.65. The first-order valence-corrected chi connectivity index (χ1v) is 7.55. The van der Waals surface area contributed by atoms with Crippen molar-refractivity contribution >= 4 is 22.8 Å². The molecule has 0 bridgehead atoms. The van der Waals surface area contributed by atoms with Crippen molar-refractivity contribution in [2.75, 3.05) is 0 Å². The van der Waals surface area contributed by atoms with Gasteiger partial charge in [0.2, 0.25) is 0 Å². The summed E-state index contributed by atoms with van der Waals surface area (Å²) >= 11 is 6.34. The van der Waals surface area contributed by atoms with Gasteiger partial charge < -0.3 is 4.57 Å². The van der Waals surface area contributed by atoms with Crippen molar-refractivity contribution in [3.63, 3.8) is 0 Å². The molecule has 0 aliphatic heterocycles. The summed E-state index contributed by atoms with van der Waals surface area (Å²) in [5, 5.41) is -0.161. The average molecular weight is 300 g/mol. The summed E-state index contributed by atoms with van der Waals surface area (Å²) in [6.07, 6.45) is 1.80. The van der Waals surface area contributed by atoms with Gasteiger partial charge in [-0.2, -0.15) is 0 Å². The molecular formula is C17H18ClN3. The van der Waals surface area contributed by atoms with E-state index in [-0.39, 0.29) is 11.4 Å². The van der Waals surface area contributed by atoms with Crippen LogP contribution in [0, 0.1) is 6.92 Å². The summed E-state index contributed by atoms with van der Waals surface area (Å²) < 4.78 is 2.15. The van der Waals surface area contributed by atoms with Gasteiger partial charge in [-0.05, 0) is 44.0 Å². The Bertz CT molecular complexity index is 777. The Morgan fingerprint density at radius 1 is 1.10 bits per heavy atom. The molecule has 0 aliphatic rings. The van der Waals surface area contributed by atoms with E-state index in [0.717, 1.165) is 17.0 Å². The van der Waals surface area contributed by atoms with E-state index in [9.17, 15) is 0 Å². The predicted molar refractivity (Wildman–Crippen MR) is 86.8 cm³/mol. The van der Waals surface area contributed by atoms with Crippen molar-refractivity contribution in [3.05, 3.63) is 59.5 Å². The number of rotatable bonds is 3. The van der Waals surface area contributed by atoms with Gasteiger partial charge in [-0.25, -0.2) is 9.97 Å². The van der Waals surface area contributed by atoms with Gasteiger partial charge in [0, 0.05) is 6.20 Å². The van der Waals surface area contributed by atoms with E-state index in [4.69, 9.17) is 11.6 Å². The lowest BCUT2D eigenvalue weighted by Crippen LogP contribution is -2.12. The number of hydrogen-bond donors (Lipinski definition) is 0. The Labute approximate surface area is 129 Å². The number of pyridine rings is 1. The van der Waals surface area contributed by atoms with E-state index in [0.29, 0.717) is 0 Å². The molecule has 0 N–H and O–H groups in total. The van der Waals surface area contributed by atoms with Gasteiger partial charge in [0.05, 0.1) is 11.4 Å². The number of halogens is 1. The molecule has 3 rings (SSSR count). The van der Waals surface area contributed by atoms with E-state index < -0.39 is 0 Å². The number of fused-ring (bicyclic) bond motifs is 1. The number of aromatic nitrogens is 3. The maximum atomic E-state index is 6.34. The smallest absolute Gasteiger partial charge is 0.160 e. The zero-order valence-electron chi connectivity index (χ0n) is 12.4. The summed E-state index contributed by atoms with van der Waals surface area (Å²) in [6, 6.07) is 12.4. The second kappa shape index (κ2) is 5.49. The molecule has 1 aromatic carbocycles. The quantitative estimate of drug-likeness (QED) is 0.659. The van der Waals surface area contributed by atoms with Gasteiger partial charge in [0.25, 0.3) is 0 Å². The molecule has 0 spiro atoms. The van der Waals surface area contributed by atoms with Gasteiger partial charge >= 0.3 is 0 Å². The maximum Gasteiger partial charge on any atom is 0.160 e. The summed E-state index contributed by atoms with van der Waals surface area (Å²) in [7, 11) is 0. The number of aryl methyl sites for hydroxylation is 1. The first-order chi connectivity index (χ1) is 10.1. The summed E-state index contributed by atoms with van der Waals surface area (Å²) in [4.78, 5) is 9.16. The fourth-order valence-corrected chi connectivity index (χ4v) is 2.96. The van der Waals surface area contributed by atoms with Gasteiger partial charge in [-0.1, -0.05) is 24.3 Å². The fourth-order valence-electron chi connectivity index (χ4n) is 2.80. The molecule has 0 fully saturated rings. The van der Waals surface area contributed by atoms with E-state index in [2.05, 4.69) is 52.6 Å². The minimum atomic E-state index is -0.161. The molecule has 2 unspecified atom stereocenters. The molecule has 3 aromatic rings. The highest BCUT2D eigenvalue weighted by molar-refractivity contribution is 6.20. The molecule has 0 saturated heterocycles. The van der Waals surface area contributed by atoms with Crippen molar-refractivity contribution in [2.24, 2.45) is 0 Å². The Morgan fingerprint density at radius 3 is 2.57 bits per heavy atom. The Hall–Kier alpha value is -1.87. The van der Waals surface area contributed by atoms with Crippen molar-refractivity contribution in [1.29, 1.82) is 0 Å². The van der Waals surface area contributed by atoms with E-state index >= 15 is 0 Å². The third kappa shape index (κ3) is 2.42. The van der Waals surface area contributed by atoms with Crippen molar-refractivity contribution in [1.82, 2.24) is 14.5 Å². The number of benzene rings is 1. The lowest BCUT2D eigenvalue weighted by Gasteiger charge is -2.20. The minimum absolute atomic E-state index is 0.141. The first kappa shape index (κ1) is 14.1. The van der Waals surface area contributed by atoms with Crippen molar-refractivity contribution in [3.8, 4) is 0 Å². The summed E-state index contributed by atoms with van der Waals surface area (Å²) in [5.41, 5.74) is 4.30. The molecule has 2 atom stereocenters. The summed E-state index contributed by atoms with van der Waals surface area (Å²) in [5.74, 6) is 0.862. The van der Waals surface area contributed by atoms with Gasteiger partial charge in [-0.3, -0.25) is 0 Å². The van der Waals surface area contributed by atoms with Crippen LogP contribution in [0.3, 0.4) is 0 Å². The standard InChI is InChI=1S/C17H18ClN3/c1-11-7-4-5-8-14(11)13(3)21-16(12(2)18)20-15-9-6-10-19-17(15)21/h4-10,12-13H,1-3H3. The van der Waals surface area contributed by atoms with E-state index in [1.165, 1.54) is 11.1 Å². The average Bonchev–Trinajstić information content (AvgIpc) is 2.86. The van der Waals surface area contributed by atoms with Crippen LogP contribution >= 0.6 is 11.6 Å². The maximum absolute atomic E-state index is 6.34. The van der Waals surface area contributed by atoms with Crippen LogP contribution in [0.5, 0.6) is 0 Å². The third-order valence-electron chi connectivity index (χ3n) is 3.86. The molecule has 2 heterocycles. The largest absolute Gasteiger partial charge is 0.304 e. The Kier molecular flexibility index (Phi) is 3.68. The molecule has 0 aliphatic carbocycles. The van der Waals surface area contributed by atoms with Crippen LogP contribution in [0.2, 0.25) is 0 Å². The van der Waals surface area contributed by atoms with E-state index in [1.54, 1.807) is 6.20 Å². The van der Waals surface area contributed by atoms with Crippen LogP contribution in [-0.2, 0) is 0 Å². The highest BCUT2D eigenvalue weighted by atomic mass is 35.5. The lowest BCUT2D eigenvalue weighted by molar-refractivity contribution is 0.611. The van der Waals surface area contributed by atoms with Crippen LogP contribution in [-0.4, -0.2) is 14.5 Å². The Balaban J connectivity index is 2.23. The van der Waals surface area contributed by atoms with Crippen LogP contribution < -0.4 is 0 Å². The SMILES string of the molecule is Cc1ccccc1C(C)n1c(C(C)Cl)nc2cccnc21. The fraction of sp³-hybridized carbons (Fsp3) is 0.294. The highest BCUT2D eigenvalue weighted by Crippen LogP contribution is 2.31. The first-order valence-electron chi connectivity index (χ1n) is 7.12. The second-order valence-corrected chi connectivity index (χ2v) is 5.99. The molecule has 0 saturated carbocycles. The van der Waals surface area contributed by atoms with Gasteiger partial charge in [0.1, 0.15) is 11.3 Å². The number of alkyl halides is 1. The number of imidazole rings is 1. The monoisotopic (exact) mass is 299 g/mol. The van der Waals surface area contributed by atoms with Crippen LogP contribution in [0.1, 0.15) is 42.2 Å². The number of hydrogen-bond acceptors (Lipinski definition) is 2. The van der Waals surface area contributed by atoms with Crippen LogP contribution in [0.15, 0.2) is 42.6 Å². The summed E-state index contributed by atoms with van der Waals surface area (Å²) in [6.45, 7) is 6.24. The zero-order valence-corrected chi connectivity index (χ0v) is 13.2. The van der Waals surface area contributed by atoms with Crippen LogP contribution in [0.25, 0.3) is 11.2 Å². The van der Waals surface area contributed by atoms with Gasteiger partial charge in [0.15, 0.2) is 5.65 Å². The molecule has 108 valence electrons. The molecule has 3 nitrogen and oxygen atoms in total.